The first-order valence-corrected chi connectivity index (χ1v) is 6.72. The number of hydrogen-bond donors (Lipinski definition) is 3. The second-order valence-corrected chi connectivity index (χ2v) is 5.72. The van der Waals surface area contributed by atoms with Crippen LogP contribution in [0.2, 0.25) is 0 Å². The number of nitrogens with one attached hydrogen (secondary N) is 1. The molecule has 0 radical (unpaired) electrons. The van der Waals surface area contributed by atoms with Crippen molar-refractivity contribution in [3.05, 3.63) is 0 Å². The van der Waals surface area contributed by atoms with Gasteiger partial charge in [0.2, 0.25) is 0 Å². The molecule has 0 aromatic rings. The third-order valence-electron chi connectivity index (χ3n) is 3.89. The van der Waals surface area contributed by atoms with Crippen LogP contribution in [0.3, 0.4) is 0 Å². The van der Waals surface area contributed by atoms with Crippen molar-refractivity contribution in [2.45, 2.75) is 52.3 Å². The van der Waals surface area contributed by atoms with Crippen LogP contribution in [0.4, 0.5) is 4.79 Å². The van der Waals surface area contributed by atoms with Crippen LogP contribution < -0.4 is 5.32 Å². The zero-order valence-corrected chi connectivity index (χ0v) is 12.0. The molecule has 5 atom stereocenters. The van der Waals surface area contributed by atoms with Gasteiger partial charge in [-0.2, -0.15) is 0 Å². The van der Waals surface area contributed by atoms with E-state index in [1.165, 1.54) is 6.92 Å². The molecule has 3 unspecified atom stereocenters. The van der Waals surface area contributed by atoms with E-state index in [1.807, 2.05) is 6.92 Å². The number of carboxylic acids is 1. The molecule has 6 heteroatoms. The quantitative estimate of drug-likeness (QED) is 0.712. The summed E-state index contributed by atoms with van der Waals surface area (Å²) in [6.45, 7) is 8.09. The third kappa shape index (κ3) is 3.83. The first-order valence-electron chi connectivity index (χ1n) is 6.72. The van der Waals surface area contributed by atoms with Crippen LogP contribution in [0.15, 0.2) is 0 Å². The van der Waals surface area contributed by atoms with Crippen molar-refractivity contribution in [2.24, 2.45) is 11.8 Å². The Kier molecular flexibility index (Phi) is 5.17. The van der Waals surface area contributed by atoms with E-state index >= 15 is 0 Å². The summed E-state index contributed by atoms with van der Waals surface area (Å²) < 4.78 is 0. The number of likely N-dealkylation sites (tertiary alicyclic amines) is 1. The molecule has 0 spiro atoms. The lowest BCUT2D eigenvalue weighted by Gasteiger charge is -2.41. The molecule has 1 heterocycles. The second-order valence-electron chi connectivity index (χ2n) is 5.72. The third-order valence-corrected chi connectivity index (χ3v) is 3.89. The fraction of sp³-hybridized carbons (Fsp3) is 0.846. The standard InChI is InChI=1S/C13H24N2O4/c1-7-5-8(2)9(3)15(6-7)13(19)14-11(10(4)16)12(17)18/h7-11,16H,5-6H2,1-4H3,(H,14,19)(H,17,18)/t7?,8?,9?,10-,11+/m1/s1. The molecule has 0 saturated carbocycles. The molecular formula is C13H24N2O4. The Hall–Kier alpha value is -1.30. The van der Waals surface area contributed by atoms with Crippen molar-refractivity contribution in [3.8, 4) is 0 Å². The number of nitrogens with zero attached hydrogens (tertiary/aromatic N) is 1. The molecule has 0 aromatic heterocycles. The summed E-state index contributed by atoms with van der Waals surface area (Å²) in [6, 6.07) is -1.62. The van der Waals surface area contributed by atoms with E-state index in [0.717, 1.165) is 6.42 Å². The van der Waals surface area contributed by atoms with Crippen molar-refractivity contribution in [3.63, 3.8) is 0 Å². The first kappa shape index (κ1) is 15.8. The molecule has 3 N–H and O–H groups in total. The average molecular weight is 272 g/mol. The Balaban J connectivity index is 2.73. The SMILES string of the molecule is CC1CC(C)C(C)N(C(=O)N[C@H](C(=O)O)[C@@H](C)O)C1. The van der Waals surface area contributed by atoms with Crippen LogP contribution >= 0.6 is 0 Å². The minimum absolute atomic E-state index is 0.0691. The zero-order valence-electron chi connectivity index (χ0n) is 12.0. The number of carboxylic acid groups (broad SMARTS) is 1. The highest BCUT2D eigenvalue weighted by Crippen LogP contribution is 2.26. The van der Waals surface area contributed by atoms with Crippen molar-refractivity contribution in [1.29, 1.82) is 0 Å². The zero-order chi connectivity index (χ0) is 14.7. The Morgan fingerprint density at radius 2 is 1.89 bits per heavy atom. The lowest BCUT2D eigenvalue weighted by atomic mass is 9.86. The van der Waals surface area contributed by atoms with Gasteiger partial charge in [-0.15, -0.1) is 0 Å². The van der Waals surface area contributed by atoms with E-state index in [1.54, 1.807) is 4.90 Å². The predicted octanol–water partition coefficient (Wildman–Crippen LogP) is 0.896. The summed E-state index contributed by atoms with van der Waals surface area (Å²) in [7, 11) is 0. The summed E-state index contributed by atoms with van der Waals surface area (Å²) in [4.78, 5) is 24.8. The van der Waals surface area contributed by atoms with Gasteiger partial charge in [-0.1, -0.05) is 13.8 Å². The summed E-state index contributed by atoms with van der Waals surface area (Å²) in [5.74, 6) is -0.454. The fourth-order valence-corrected chi connectivity index (χ4v) is 2.59. The van der Waals surface area contributed by atoms with E-state index in [0.29, 0.717) is 18.4 Å². The van der Waals surface area contributed by atoms with Crippen molar-refractivity contribution in [2.75, 3.05) is 6.54 Å². The van der Waals surface area contributed by atoms with E-state index < -0.39 is 24.1 Å². The molecule has 2 amide bonds. The molecule has 0 bridgehead atoms. The van der Waals surface area contributed by atoms with Crippen molar-refractivity contribution in [1.82, 2.24) is 10.2 Å². The van der Waals surface area contributed by atoms with Gasteiger partial charge in [0, 0.05) is 12.6 Å². The highest BCUT2D eigenvalue weighted by Gasteiger charge is 2.34. The molecule has 1 aliphatic rings. The van der Waals surface area contributed by atoms with Gasteiger partial charge < -0.3 is 20.4 Å². The number of piperidine rings is 1. The number of rotatable bonds is 3. The van der Waals surface area contributed by atoms with Gasteiger partial charge in [0.05, 0.1) is 6.10 Å². The number of urea groups is 1. The van der Waals surface area contributed by atoms with Gasteiger partial charge >= 0.3 is 12.0 Å². The van der Waals surface area contributed by atoms with Crippen molar-refractivity contribution >= 4 is 12.0 Å². The molecule has 0 aromatic carbocycles. The number of aliphatic carboxylic acids is 1. The topological polar surface area (TPSA) is 89.9 Å². The number of carbonyl (C=O) groups is 2. The molecule has 19 heavy (non-hydrogen) atoms. The van der Waals surface area contributed by atoms with E-state index in [9.17, 15) is 14.7 Å². The second kappa shape index (κ2) is 6.23. The van der Waals surface area contributed by atoms with E-state index in [2.05, 4.69) is 19.2 Å². The van der Waals surface area contributed by atoms with Gasteiger partial charge in [-0.05, 0) is 32.1 Å². The van der Waals surface area contributed by atoms with Crippen molar-refractivity contribution < 1.29 is 19.8 Å². The van der Waals surface area contributed by atoms with Crippen LogP contribution in [0.5, 0.6) is 0 Å². The Morgan fingerprint density at radius 3 is 2.37 bits per heavy atom. The normalized spacial score (nSPS) is 30.6. The van der Waals surface area contributed by atoms with Crippen LogP contribution in [-0.2, 0) is 4.79 Å². The molecular weight excluding hydrogens is 248 g/mol. The maximum absolute atomic E-state index is 12.2. The maximum Gasteiger partial charge on any atom is 0.328 e. The van der Waals surface area contributed by atoms with Crippen LogP contribution in [-0.4, -0.2) is 51.8 Å². The molecule has 1 fully saturated rings. The smallest absolute Gasteiger partial charge is 0.328 e. The summed E-state index contributed by atoms with van der Waals surface area (Å²) in [5.41, 5.74) is 0. The molecule has 6 nitrogen and oxygen atoms in total. The Morgan fingerprint density at radius 1 is 1.32 bits per heavy atom. The van der Waals surface area contributed by atoms with Gasteiger partial charge in [0.15, 0.2) is 6.04 Å². The Bertz CT molecular complexity index is 346. The first-order chi connectivity index (χ1) is 8.73. The molecule has 0 aliphatic carbocycles. The van der Waals surface area contributed by atoms with Gasteiger partial charge in [0.25, 0.3) is 0 Å². The molecule has 1 aliphatic heterocycles. The lowest BCUT2D eigenvalue weighted by molar-refractivity contribution is -0.141. The molecule has 1 saturated heterocycles. The van der Waals surface area contributed by atoms with Crippen LogP contribution in [0.1, 0.15) is 34.1 Å². The minimum atomic E-state index is -1.27. The molecule has 110 valence electrons. The van der Waals surface area contributed by atoms with E-state index in [4.69, 9.17) is 5.11 Å². The number of hydrogen-bond acceptors (Lipinski definition) is 3. The summed E-state index contributed by atoms with van der Waals surface area (Å²) in [6.07, 6.45) is -0.0691. The number of aliphatic hydroxyl groups is 1. The van der Waals surface area contributed by atoms with Gasteiger partial charge in [0.1, 0.15) is 0 Å². The fourth-order valence-electron chi connectivity index (χ4n) is 2.59. The lowest BCUT2D eigenvalue weighted by Crippen LogP contribution is -2.57. The number of carbonyl (C=O) groups excluding carboxylic acids is 1. The molecule has 1 rings (SSSR count). The largest absolute Gasteiger partial charge is 0.480 e. The van der Waals surface area contributed by atoms with Crippen LogP contribution in [0, 0.1) is 11.8 Å². The van der Waals surface area contributed by atoms with Gasteiger partial charge in [-0.3, -0.25) is 0 Å². The maximum atomic E-state index is 12.2. The van der Waals surface area contributed by atoms with Crippen LogP contribution in [0.25, 0.3) is 0 Å². The highest BCUT2D eigenvalue weighted by atomic mass is 16.4. The van der Waals surface area contributed by atoms with E-state index in [-0.39, 0.29) is 6.04 Å². The highest BCUT2D eigenvalue weighted by molar-refractivity contribution is 5.83. The minimum Gasteiger partial charge on any atom is -0.480 e. The Labute approximate surface area is 113 Å². The average Bonchev–Trinajstić information content (AvgIpc) is 2.29. The van der Waals surface area contributed by atoms with Gasteiger partial charge in [-0.25, -0.2) is 9.59 Å². The number of aliphatic hydroxyl groups excluding tert-OH is 1. The monoisotopic (exact) mass is 272 g/mol. The summed E-state index contributed by atoms with van der Waals surface area (Å²) in [5, 5.41) is 20.7. The number of amides is 2. The predicted molar refractivity (Wildman–Crippen MR) is 70.7 cm³/mol. The summed E-state index contributed by atoms with van der Waals surface area (Å²) >= 11 is 0.